The zero-order chi connectivity index (χ0) is 9.84. The monoisotopic (exact) mass is 173 g/mol. The average Bonchev–Trinajstić information content (AvgIpc) is 2.03. The van der Waals surface area contributed by atoms with Gasteiger partial charge in [-0.1, -0.05) is 12.0 Å². The summed E-state index contributed by atoms with van der Waals surface area (Å²) in [4.78, 5) is 2.07. The molecule has 13 heavy (non-hydrogen) atoms. The lowest BCUT2D eigenvalue weighted by Crippen LogP contribution is -2.17. The Kier molecular flexibility index (Phi) is 2.97. The number of aryl methyl sites for hydroxylation is 2. The van der Waals surface area contributed by atoms with Crippen LogP contribution in [0.25, 0.3) is 0 Å². The van der Waals surface area contributed by atoms with Crippen molar-refractivity contribution in [2.45, 2.75) is 13.8 Å². The van der Waals surface area contributed by atoms with E-state index in [0.717, 1.165) is 0 Å². The van der Waals surface area contributed by atoms with Gasteiger partial charge in [0.15, 0.2) is 0 Å². The third-order valence-corrected chi connectivity index (χ3v) is 1.98. The van der Waals surface area contributed by atoms with Gasteiger partial charge in [0.25, 0.3) is 0 Å². The van der Waals surface area contributed by atoms with E-state index in [1.165, 1.54) is 16.8 Å². The van der Waals surface area contributed by atoms with E-state index >= 15 is 0 Å². The standard InChI is InChI=1S/C12H15N/c1-5-6-13(4)12-8-10(2)7-11(3)9-12/h1,7-9H,6H2,2-4H3. The Hall–Kier alpha value is -1.42. The van der Waals surface area contributed by atoms with Gasteiger partial charge < -0.3 is 4.90 Å². The number of hydrogen-bond acceptors (Lipinski definition) is 1. The summed E-state index contributed by atoms with van der Waals surface area (Å²) in [6.07, 6.45) is 5.25. The van der Waals surface area contributed by atoms with Crippen LogP contribution in [0.5, 0.6) is 0 Å². The first kappa shape index (κ1) is 9.67. The van der Waals surface area contributed by atoms with E-state index in [2.05, 4.69) is 42.9 Å². The van der Waals surface area contributed by atoms with E-state index in [4.69, 9.17) is 6.42 Å². The van der Waals surface area contributed by atoms with E-state index in [-0.39, 0.29) is 0 Å². The summed E-state index contributed by atoms with van der Waals surface area (Å²) < 4.78 is 0. The van der Waals surface area contributed by atoms with Gasteiger partial charge in [0.2, 0.25) is 0 Å². The fourth-order valence-corrected chi connectivity index (χ4v) is 1.40. The first-order valence-electron chi connectivity index (χ1n) is 4.36. The maximum Gasteiger partial charge on any atom is 0.0788 e. The molecular weight excluding hydrogens is 158 g/mol. The Morgan fingerprint density at radius 2 is 1.77 bits per heavy atom. The van der Waals surface area contributed by atoms with Gasteiger partial charge in [0.05, 0.1) is 6.54 Å². The second-order valence-corrected chi connectivity index (χ2v) is 3.41. The molecule has 0 spiro atoms. The van der Waals surface area contributed by atoms with Crippen LogP contribution in [-0.2, 0) is 0 Å². The number of terminal acetylenes is 1. The molecule has 0 saturated heterocycles. The van der Waals surface area contributed by atoms with Crippen LogP contribution in [0.2, 0.25) is 0 Å². The van der Waals surface area contributed by atoms with Gasteiger partial charge in [-0.15, -0.1) is 6.42 Å². The van der Waals surface area contributed by atoms with E-state index < -0.39 is 0 Å². The molecule has 0 amide bonds. The van der Waals surface area contributed by atoms with Crippen LogP contribution in [0.4, 0.5) is 5.69 Å². The normalized spacial score (nSPS) is 9.38. The van der Waals surface area contributed by atoms with Crippen molar-refractivity contribution in [3.8, 4) is 12.3 Å². The smallest absolute Gasteiger partial charge is 0.0788 e. The van der Waals surface area contributed by atoms with Crippen LogP contribution in [0.15, 0.2) is 18.2 Å². The van der Waals surface area contributed by atoms with E-state index in [1.807, 2.05) is 7.05 Å². The molecule has 0 radical (unpaired) electrons. The Bertz CT molecular complexity index is 313. The Morgan fingerprint density at radius 1 is 1.23 bits per heavy atom. The lowest BCUT2D eigenvalue weighted by molar-refractivity contribution is 1.05. The molecule has 0 unspecified atom stereocenters. The molecule has 0 saturated carbocycles. The quantitative estimate of drug-likeness (QED) is 0.621. The van der Waals surface area contributed by atoms with Crippen LogP contribution in [0.3, 0.4) is 0 Å². The zero-order valence-corrected chi connectivity index (χ0v) is 8.46. The molecule has 0 bridgehead atoms. The van der Waals surface area contributed by atoms with Crippen LogP contribution in [0, 0.1) is 26.2 Å². The van der Waals surface area contributed by atoms with Crippen molar-refractivity contribution in [3.63, 3.8) is 0 Å². The van der Waals surface area contributed by atoms with Crippen LogP contribution in [-0.4, -0.2) is 13.6 Å². The maximum atomic E-state index is 5.25. The predicted molar refractivity (Wildman–Crippen MR) is 58.0 cm³/mol. The van der Waals surface area contributed by atoms with E-state index in [1.54, 1.807) is 0 Å². The second-order valence-electron chi connectivity index (χ2n) is 3.41. The molecule has 0 aliphatic heterocycles. The summed E-state index contributed by atoms with van der Waals surface area (Å²) in [5.41, 5.74) is 3.74. The Balaban J connectivity index is 2.95. The average molecular weight is 173 g/mol. The van der Waals surface area contributed by atoms with Gasteiger partial charge in [-0.3, -0.25) is 0 Å². The molecule has 0 heterocycles. The Labute approximate surface area is 80.4 Å². The van der Waals surface area contributed by atoms with Gasteiger partial charge in [-0.2, -0.15) is 0 Å². The van der Waals surface area contributed by atoms with Crippen molar-refractivity contribution in [2.24, 2.45) is 0 Å². The highest BCUT2D eigenvalue weighted by atomic mass is 15.1. The minimum atomic E-state index is 0.656. The van der Waals surface area contributed by atoms with Crippen molar-refractivity contribution in [1.82, 2.24) is 0 Å². The fraction of sp³-hybridized carbons (Fsp3) is 0.333. The lowest BCUT2D eigenvalue weighted by atomic mass is 10.1. The minimum absolute atomic E-state index is 0.656. The Morgan fingerprint density at radius 3 is 2.23 bits per heavy atom. The first-order valence-corrected chi connectivity index (χ1v) is 4.36. The number of benzene rings is 1. The van der Waals surface area contributed by atoms with E-state index in [0.29, 0.717) is 6.54 Å². The van der Waals surface area contributed by atoms with Crippen molar-refractivity contribution in [3.05, 3.63) is 29.3 Å². The lowest BCUT2D eigenvalue weighted by Gasteiger charge is -2.17. The molecule has 0 atom stereocenters. The number of hydrogen-bond donors (Lipinski definition) is 0. The zero-order valence-electron chi connectivity index (χ0n) is 8.46. The summed E-state index contributed by atoms with van der Waals surface area (Å²) in [6, 6.07) is 6.45. The SMILES string of the molecule is C#CCN(C)c1cc(C)cc(C)c1. The molecular formula is C12H15N. The van der Waals surface area contributed by atoms with Gasteiger partial charge in [-0.25, -0.2) is 0 Å². The highest BCUT2D eigenvalue weighted by Crippen LogP contribution is 2.16. The molecule has 68 valence electrons. The van der Waals surface area contributed by atoms with Crippen molar-refractivity contribution in [1.29, 1.82) is 0 Å². The molecule has 0 aliphatic carbocycles. The van der Waals surface area contributed by atoms with Crippen LogP contribution < -0.4 is 4.90 Å². The molecule has 1 aromatic carbocycles. The molecule has 0 aliphatic rings. The van der Waals surface area contributed by atoms with Crippen molar-refractivity contribution >= 4 is 5.69 Å². The largest absolute Gasteiger partial charge is 0.363 e. The summed E-state index contributed by atoms with van der Waals surface area (Å²) in [6.45, 7) is 4.85. The van der Waals surface area contributed by atoms with Gasteiger partial charge in [0, 0.05) is 12.7 Å². The van der Waals surface area contributed by atoms with Crippen LogP contribution >= 0.6 is 0 Å². The second kappa shape index (κ2) is 4.00. The molecule has 0 aromatic heterocycles. The van der Waals surface area contributed by atoms with Crippen molar-refractivity contribution < 1.29 is 0 Å². The summed E-state index contributed by atoms with van der Waals surface area (Å²) in [5.74, 6) is 2.63. The minimum Gasteiger partial charge on any atom is -0.363 e. The highest BCUT2D eigenvalue weighted by Gasteiger charge is 1.99. The first-order chi connectivity index (χ1) is 6.13. The molecule has 0 N–H and O–H groups in total. The van der Waals surface area contributed by atoms with E-state index in [9.17, 15) is 0 Å². The number of anilines is 1. The molecule has 1 aromatic rings. The summed E-state index contributed by atoms with van der Waals surface area (Å²) in [5, 5.41) is 0. The summed E-state index contributed by atoms with van der Waals surface area (Å²) >= 11 is 0. The van der Waals surface area contributed by atoms with Crippen molar-refractivity contribution in [2.75, 3.05) is 18.5 Å². The molecule has 1 rings (SSSR count). The van der Waals surface area contributed by atoms with Gasteiger partial charge >= 0.3 is 0 Å². The summed E-state index contributed by atoms with van der Waals surface area (Å²) in [7, 11) is 2.01. The third-order valence-electron chi connectivity index (χ3n) is 1.98. The third kappa shape index (κ3) is 2.52. The fourth-order valence-electron chi connectivity index (χ4n) is 1.40. The van der Waals surface area contributed by atoms with Gasteiger partial charge in [-0.05, 0) is 37.1 Å². The topological polar surface area (TPSA) is 3.24 Å². The highest BCUT2D eigenvalue weighted by molar-refractivity contribution is 5.51. The van der Waals surface area contributed by atoms with Gasteiger partial charge in [0.1, 0.15) is 0 Å². The molecule has 1 nitrogen and oxygen atoms in total. The molecule has 0 fully saturated rings. The van der Waals surface area contributed by atoms with Crippen LogP contribution in [0.1, 0.15) is 11.1 Å². The number of rotatable bonds is 2. The number of nitrogens with zero attached hydrogens (tertiary/aromatic N) is 1. The predicted octanol–water partition coefficient (Wildman–Crippen LogP) is 2.37. The maximum absolute atomic E-state index is 5.25. The molecule has 1 heteroatoms.